The van der Waals surface area contributed by atoms with Gasteiger partial charge in [-0.25, -0.2) is 4.98 Å². The summed E-state index contributed by atoms with van der Waals surface area (Å²) in [6, 6.07) is 0.558. The summed E-state index contributed by atoms with van der Waals surface area (Å²) in [6.07, 6.45) is -10.0. The van der Waals surface area contributed by atoms with Crippen LogP contribution in [-0.4, -0.2) is 18.5 Å². The van der Waals surface area contributed by atoms with Gasteiger partial charge in [0.05, 0.1) is 10.7 Å². The van der Waals surface area contributed by atoms with Crippen LogP contribution in [0.1, 0.15) is 5.69 Å². The fourth-order valence-electron chi connectivity index (χ4n) is 0.989. The number of aromatic nitrogens is 1. The van der Waals surface area contributed by atoms with Gasteiger partial charge in [-0.3, -0.25) is 0 Å². The van der Waals surface area contributed by atoms with E-state index in [2.05, 4.69) is 14.5 Å². The third kappa shape index (κ3) is 3.78. The van der Waals surface area contributed by atoms with Gasteiger partial charge in [0.2, 0.25) is 0 Å². The highest BCUT2D eigenvalue weighted by Gasteiger charge is 2.38. The number of halogens is 7. The van der Waals surface area contributed by atoms with E-state index in [4.69, 9.17) is 0 Å². The molecule has 0 bridgehead atoms. The second-order valence-corrected chi connectivity index (χ2v) is 4.04. The second-order valence-electron chi connectivity index (χ2n) is 2.87. The molecule has 0 amide bonds. The van der Waals surface area contributed by atoms with Gasteiger partial charge < -0.3 is 9.47 Å². The average Bonchev–Trinajstić information content (AvgIpc) is 2.13. The Morgan fingerprint density at radius 2 is 1.72 bits per heavy atom. The van der Waals surface area contributed by atoms with E-state index in [1.807, 2.05) is 0 Å². The highest BCUT2D eigenvalue weighted by molar-refractivity contribution is 14.1. The van der Waals surface area contributed by atoms with Gasteiger partial charge in [0, 0.05) is 0 Å². The van der Waals surface area contributed by atoms with Crippen LogP contribution in [0.3, 0.4) is 0 Å². The zero-order chi connectivity index (χ0) is 14.1. The molecule has 10 heteroatoms. The maximum atomic E-state index is 12.4. The number of alkyl halides is 6. The Morgan fingerprint density at radius 1 is 1.17 bits per heavy atom. The average molecular weight is 387 g/mol. The summed E-state index contributed by atoms with van der Waals surface area (Å²) in [4.78, 5) is 2.76. The van der Waals surface area contributed by atoms with Crippen molar-refractivity contribution in [3.63, 3.8) is 0 Å². The van der Waals surface area contributed by atoms with Crippen molar-refractivity contribution in [2.45, 2.75) is 12.5 Å². The van der Waals surface area contributed by atoms with Gasteiger partial charge in [0.1, 0.15) is 5.69 Å². The van der Waals surface area contributed by atoms with Crippen molar-refractivity contribution in [1.29, 1.82) is 0 Å². The maximum absolute atomic E-state index is 12.4. The molecule has 0 saturated carbocycles. The van der Waals surface area contributed by atoms with E-state index in [1.165, 1.54) is 22.6 Å². The van der Waals surface area contributed by atoms with Crippen molar-refractivity contribution < 1.29 is 35.8 Å². The second kappa shape index (κ2) is 4.97. The molecule has 1 aromatic rings. The molecule has 0 spiro atoms. The van der Waals surface area contributed by atoms with Gasteiger partial charge >= 0.3 is 12.5 Å². The van der Waals surface area contributed by atoms with Gasteiger partial charge in [-0.2, -0.15) is 13.2 Å². The monoisotopic (exact) mass is 387 g/mol. The zero-order valence-electron chi connectivity index (χ0n) is 8.49. The lowest BCUT2D eigenvalue weighted by molar-refractivity contribution is -0.277. The third-order valence-corrected chi connectivity index (χ3v) is 2.40. The molecule has 0 unspecified atom stereocenters. The summed E-state index contributed by atoms with van der Waals surface area (Å²) >= 11 is 1.39. The Kier molecular flexibility index (Phi) is 4.18. The molecule has 3 nitrogen and oxygen atoms in total. The minimum Gasteiger partial charge on any atom is -0.490 e. The number of hydrogen-bond donors (Lipinski definition) is 0. The molecule has 0 atom stereocenters. The van der Waals surface area contributed by atoms with E-state index in [0.717, 1.165) is 7.11 Å². The number of hydrogen-bond acceptors (Lipinski definition) is 3. The molecule has 0 aliphatic carbocycles. The first-order valence-electron chi connectivity index (χ1n) is 4.12. The summed E-state index contributed by atoms with van der Waals surface area (Å²) < 4.78 is 80.9. The van der Waals surface area contributed by atoms with Crippen LogP contribution in [0.2, 0.25) is 0 Å². The molecule has 0 aliphatic rings. The lowest BCUT2D eigenvalue weighted by atomic mass is 10.3. The van der Waals surface area contributed by atoms with Crippen LogP contribution >= 0.6 is 22.6 Å². The standard InChI is InChI=1S/C8H4F6INO2/c1-17-5-3(15)2-4(7(9,10)11)16-6(5)18-8(12,13)14/h2H,1H3. The van der Waals surface area contributed by atoms with Crippen LogP contribution in [0.25, 0.3) is 0 Å². The molecular formula is C8H4F6INO2. The van der Waals surface area contributed by atoms with Crippen LogP contribution in [0.5, 0.6) is 11.6 Å². The maximum Gasteiger partial charge on any atom is 0.574 e. The highest BCUT2D eigenvalue weighted by Crippen LogP contribution is 2.38. The highest BCUT2D eigenvalue weighted by atomic mass is 127. The summed E-state index contributed by atoms with van der Waals surface area (Å²) in [6.45, 7) is 0. The molecule has 0 saturated heterocycles. The van der Waals surface area contributed by atoms with Crippen LogP contribution in [0, 0.1) is 3.57 Å². The Labute approximate surface area is 110 Å². The van der Waals surface area contributed by atoms with Gasteiger partial charge in [-0.05, 0) is 28.7 Å². The molecule has 0 aliphatic heterocycles. The molecular weight excluding hydrogens is 383 g/mol. The quantitative estimate of drug-likeness (QED) is 0.574. The lowest BCUT2D eigenvalue weighted by Gasteiger charge is -2.15. The predicted molar refractivity (Wildman–Crippen MR) is 55.2 cm³/mol. The molecule has 1 aromatic heterocycles. The van der Waals surface area contributed by atoms with Crippen LogP contribution in [-0.2, 0) is 6.18 Å². The number of methoxy groups -OCH3 is 1. The van der Waals surface area contributed by atoms with Crippen LogP contribution in [0.15, 0.2) is 6.07 Å². The van der Waals surface area contributed by atoms with Crippen LogP contribution in [0.4, 0.5) is 26.3 Å². The first kappa shape index (κ1) is 15.1. The minimum absolute atomic E-state index is 0.198. The van der Waals surface area contributed by atoms with Crippen molar-refractivity contribution >= 4 is 22.6 Å². The van der Waals surface area contributed by atoms with Crippen molar-refractivity contribution in [3.05, 3.63) is 15.3 Å². The summed E-state index contributed by atoms with van der Waals surface area (Å²) in [5, 5.41) is 0. The number of ether oxygens (including phenoxy) is 2. The van der Waals surface area contributed by atoms with Crippen molar-refractivity contribution in [2.75, 3.05) is 7.11 Å². The van der Waals surface area contributed by atoms with E-state index in [1.54, 1.807) is 0 Å². The number of nitrogens with zero attached hydrogens (tertiary/aromatic N) is 1. The molecule has 0 N–H and O–H groups in total. The van der Waals surface area contributed by atoms with E-state index in [9.17, 15) is 26.3 Å². The first-order chi connectivity index (χ1) is 8.04. The number of rotatable bonds is 2. The minimum atomic E-state index is -5.16. The van der Waals surface area contributed by atoms with Crippen molar-refractivity contribution in [2.24, 2.45) is 0 Å². The largest absolute Gasteiger partial charge is 0.574 e. The van der Waals surface area contributed by atoms with Crippen LogP contribution < -0.4 is 9.47 Å². The molecule has 0 aromatic carbocycles. The first-order valence-corrected chi connectivity index (χ1v) is 5.20. The predicted octanol–water partition coefficient (Wildman–Crippen LogP) is 3.61. The Bertz CT molecular complexity index is 444. The Morgan fingerprint density at radius 3 is 2.11 bits per heavy atom. The molecule has 1 rings (SSSR count). The SMILES string of the molecule is COc1c(I)cc(C(F)(F)F)nc1OC(F)(F)F. The van der Waals surface area contributed by atoms with Gasteiger partial charge in [-0.15, -0.1) is 13.2 Å². The topological polar surface area (TPSA) is 31.4 Å². The fraction of sp³-hybridized carbons (Fsp3) is 0.375. The molecule has 18 heavy (non-hydrogen) atoms. The summed E-state index contributed by atoms with van der Waals surface area (Å²) in [5.41, 5.74) is -1.49. The van der Waals surface area contributed by atoms with Gasteiger partial charge in [0.25, 0.3) is 5.88 Å². The smallest absolute Gasteiger partial charge is 0.490 e. The molecule has 1 heterocycles. The zero-order valence-corrected chi connectivity index (χ0v) is 10.6. The Balaban J connectivity index is 3.33. The van der Waals surface area contributed by atoms with Crippen molar-refractivity contribution in [1.82, 2.24) is 4.98 Å². The molecule has 0 fully saturated rings. The number of pyridine rings is 1. The van der Waals surface area contributed by atoms with Gasteiger partial charge in [-0.1, -0.05) is 0 Å². The fourth-order valence-corrected chi connectivity index (χ4v) is 1.73. The van der Waals surface area contributed by atoms with E-state index in [-0.39, 0.29) is 3.57 Å². The third-order valence-electron chi connectivity index (χ3n) is 1.60. The lowest BCUT2D eigenvalue weighted by Crippen LogP contribution is -2.20. The normalized spacial score (nSPS) is 12.4. The summed E-state index contributed by atoms with van der Waals surface area (Å²) in [5.74, 6) is -1.79. The van der Waals surface area contributed by atoms with Gasteiger partial charge in [0.15, 0.2) is 5.75 Å². The van der Waals surface area contributed by atoms with E-state index < -0.39 is 29.9 Å². The molecule has 102 valence electrons. The van der Waals surface area contributed by atoms with Crippen molar-refractivity contribution in [3.8, 4) is 11.6 Å². The summed E-state index contributed by atoms with van der Waals surface area (Å²) in [7, 11) is 0.996. The Hall–Kier alpha value is -0.940. The molecule has 0 radical (unpaired) electrons. The van der Waals surface area contributed by atoms with E-state index in [0.29, 0.717) is 6.07 Å². The van der Waals surface area contributed by atoms with E-state index >= 15 is 0 Å².